The van der Waals surface area contributed by atoms with Crippen LogP contribution >= 0.6 is 11.3 Å². The first kappa shape index (κ1) is 11.1. The number of hydroxylamine groups is 1. The third-order valence-corrected chi connectivity index (χ3v) is 4.37. The number of aliphatic imine (C=N–C) groups is 1. The van der Waals surface area contributed by atoms with Gasteiger partial charge in [-0.15, -0.1) is 16.4 Å². The maximum absolute atomic E-state index is 5.46. The number of nitrogens with one attached hydrogen (secondary N) is 1. The van der Waals surface area contributed by atoms with Crippen LogP contribution in [0.25, 0.3) is 0 Å². The van der Waals surface area contributed by atoms with Gasteiger partial charge in [-0.05, 0) is 30.7 Å². The van der Waals surface area contributed by atoms with Crippen molar-refractivity contribution in [3.63, 3.8) is 0 Å². The van der Waals surface area contributed by atoms with Gasteiger partial charge in [-0.25, -0.2) is 20.0 Å². The number of rotatable bonds is 3. The zero-order valence-corrected chi connectivity index (χ0v) is 11.0. The number of amidine groups is 1. The minimum absolute atomic E-state index is 0.397. The zero-order valence-electron chi connectivity index (χ0n) is 10.2. The van der Waals surface area contributed by atoms with Crippen molar-refractivity contribution < 1.29 is 4.84 Å². The van der Waals surface area contributed by atoms with Crippen molar-refractivity contribution >= 4 is 17.2 Å². The van der Waals surface area contributed by atoms with Gasteiger partial charge in [0.1, 0.15) is 5.69 Å². The third-order valence-electron chi connectivity index (χ3n) is 3.50. The molecule has 19 heavy (non-hydrogen) atoms. The van der Waals surface area contributed by atoms with E-state index < -0.39 is 6.23 Å². The molecule has 0 aromatic carbocycles. The van der Waals surface area contributed by atoms with E-state index in [1.54, 1.807) is 11.3 Å². The molecule has 0 bridgehead atoms. The van der Waals surface area contributed by atoms with Crippen LogP contribution in [0.3, 0.4) is 0 Å². The van der Waals surface area contributed by atoms with E-state index in [1.165, 1.54) is 19.3 Å². The molecule has 98 valence electrons. The van der Waals surface area contributed by atoms with Crippen molar-refractivity contribution in [2.45, 2.75) is 31.5 Å². The Hall–Kier alpha value is -1.73. The van der Waals surface area contributed by atoms with Crippen LogP contribution in [0.2, 0.25) is 0 Å². The molecule has 2 aromatic heterocycles. The second-order valence-corrected chi connectivity index (χ2v) is 5.68. The Labute approximate surface area is 114 Å². The Kier molecular flexibility index (Phi) is 2.59. The average Bonchev–Trinajstić information content (AvgIpc) is 3.08. The van der Waals surface area contributed by atoms with Gasteiger partial charge in [0.25, 0.3) is 0 Å². The van der Waals surface area contributed by atoms with Crippen LogP contribution in [-0.2, 0) is 4.84 Å². The highest BCUT2D eigenvalue weighted by Gasteiger charge is 2.26. The third kappa shape index (κ3) is 1.95. The summed E-state index contributed by atoms with van der Waals surface area (Å²) in [6.07, 6.45) is 5.21. The Balaban J connectivity index is 1.55. The number of thiophene rings is 1. The molecule has 7 heteroatoms. The van der Waals surface area contributed by atoms with Crippen LogP contribution in [0.15, 0.2) is 28.7 Å². The largest absolute Gasteiger partial charge is 0.249 e. The molecule has 1 aliphatic heterocycles. The van der Waals surface area contributed by atoms with Gasteiger partial charge in [-0.1, -0.05) is 11.3 Å². The normalized spacial score (nSPS) is 22.9. The molecule has 2 aromatic rings. The van der Waals surface area contributed by atoms with E-state index in [9.17, 15) is 0 Å². The summed E-state index contributed by atoms with van der Waals surface area (Å²) in [4.78, 5) is 11.0. The smallest absolute Gasteiger partial charge is 0.222 e. The summed E-state index contributed by atoms with van der Waals surface area (Å²) in [5.41, 5.74) is 3.61. The first-order valence-electron chi connectivity index (χ1n) is 6.35. The molecule has 1 aliphatic carbocycles. The second-order valence-electron chi connectivity index (χ2n) is 4.74. The maximum atomic E-state index is 5.46. The number of hydrogen-bond donors (Lipinski definition) is 1. The maximum Gasteiger partial charge on any atom is 0.222 e. The molecule has 6 nitrogen and oxygen atoms in total. The predicted octanol–water partition coefficient (Wildman–Crippen LogP) is 2.04. The van der Waals surface area contributed by atoms with Gasteiger partial charge in [0, 0.05) is 0 Å². The lowest BCUT2D eigenvalue weighted by molar-refractivity contribution is 0.0350. The van der Waals surface area contributed by atoms with Crippen LogP contribution < -0.4 is 5.48 Å². The molecule has 0 saturated heterocycles. The molecule has 0 unspecified atom stereocenters. The number of hydrogen-bond acceptors (Lipinski definition) is 6. The molecular formula is C12H13N5OS. The van der Waals surface area contributed by atoms with Crippen molar-refractivity contribution in [2.75, 3.05) is 0 Å². The van der Waals surface area contributed by atoms with E-state index in [2.05, 4.69) is 20.8 Å². The van der Waals surface area contributed by atoms with Crippen LogP contribution in [0, 0.1) is 0 Å². The van der Waals surface area contributed by atoms with E-state index in [0.29, 0.717) is 6.04 Å². The predicted molar refractivity (Wildman–Crippen MR) is 70.7 cm³/mol. The molecule has 0 radical (unpaired) electrons. The van der Waals surface area contributed by atoms with Gasteiger partial charge in [0.05, 0.1) is 17.1 Å². The van der Waals surface area contributed by atoms with Crippen molar-refractivity contribution in [3.8, 4) is 0 Å². The Morgan fingerprint density at radius 2 is 2.37 bits per heavy atom. The lowest BCUT2D eigenvalue weighted by Crippen LogP contribution is -2.17. The first-order chi connectivity index (χ1) is 9.40. The molecular weight excluding hydrogens is 262 g/mol. The highest BCUT2D eigenvalue weighted by Crippen LogP contribution is 2.31. The standard InChI is InChI=1S/C12H13N5OS/c1-3-8(4-1)17-7-9(14-16-17)12-13-11(15-18-12)10-5-2-6-19-10/h2,5-8,12H,1,3-4H2,(H,13,15)/t12-/m0/s1. The lowest BCUT2D eigenvalue weighted by atomic mass is 9.93. The van der Waals surface area contributed by atoms with Gasteiger partial charge in [-0.2, -0.15) is 0 Å². The van der Waals surface area contributed by atoms with E-state index in [1.807, 2.05) is 28.4 Å². The van der Waals surface area contributed by atoms with Gasteiger partial charge in [-0.3, -0.25) is 0 Å². The van der Waals surface area contributed by atoms with Gasteiger partial charge in [0.15, 0.2) is 5.84 Å². The average molecular weight is 275 g/mol. The molecule has 4 rings (SSSR count). The molecule has 1 saturated carbocycles. The SMILES string of the molecule is c1csc(C2=N[C@H](c3cn(C4CCC4)nn3)ON2)c1. The fourth-order valence-electron chi connectivity index (χ4n) is 2.17. The van der Waals surface area contributed by atoms with Crippen LogP contribution in [0.1, 0.15) is 42.1 Å². The molecule has 1 atom stereocenters. The summed E-state index contributed by atoms with van der Waals surface area (Å²) in [5, 5.41) is 10.3. The van der Waals surface area contributed by atoms with E-state index >= 15 is 0 Å². The molecule has 0 spiro atoms. The quantitative estimate of drug-likeness (QED) is 0.931. The molecule has 1 fully saturated rings. The topological polar surface area (TPSA) is 64.3 Å². The van der Waals surface area contributed by atoms with Gasteiger partial charge >= 0.3 is 0 Å². The van der Waals surface area contributed by atoms with Gasteiger partial charge in [0.2, 0.25) is 6.23 Å². The van der Waals surface area contributed by atoms with Crippen molar-refractivity contribution in [1.82, 2.24) is 20.5 Å². The van der Waals surface area contributed by atoms with Crippen molar-refractivity contribution in [1.29, 1.82) is 0 Å². The van der Waals surface area contributed by atoms with Crippen LogP contribution in [-0.4, -0.2) is 20.8 Å². The highest BCUT2D eigenvalue weighted by atomic mass is 32.1. The Morgan fingerprint density at radius 3 is 3.11 bits per heavy atom. The monoisotopic (exact) mass is 275 g/mol. The summed E-state index contributed by atoms with van der Waals surface area (Å²) in [7, 11) is 0. The number of aromatic nitrogens is 3. The van der Waals surface area contributed by atoms with Crippen molar-refractivity contribution in [2.24, 2.45) is 4.99 Å². The summed E-state index contributed by atoms with van der Waals surface area (Å²) >= 11 is 1.63. The fourth-order valence-corrected chi connectivity index (χ4v) is 2.84. The van der Waals surface area contributed by atoms with Crippen molar-refractivity contribution in [3.05, 3.63) is 34.3 Å². The Bertz CT molecular complexity index is 601. The summed E-state index contributed by atoms with van der Waals surface area (Å²) in [5.74, 6) is 0.762. The number of nitrogens with zero attached hydrogens (tertiary/aromatic N) is 4. The molecule has 1 N–H and O–H groups in total. The lowest BCUT2D eigenvalue weighted by Gasteiger charge is -2.24. The summed E-state index contributed by atoms with van der Waals surface area (Å²) in [6.45, 7) is 0. The first-order valence-corrected chi connectivity index (χ1v) is 7.23. The second kappa shape index (κ2) is 4.43. The summed E-state index contributed by atoms with van der Waals surface area (Å²) < 4.78 is 1.93. The molecule has 0 amide bonds. The minimum atomic E-state index is -0.397. The van der Waals surface area contributed by atoms with E-state index in [0.717, 1.165) is 16.4 Å². The van der Waals surface area contributed by atoms with E-state index in [4.69, 9.17) is 4.84 Å². The minimum Gasteiger partial charge on any atom is -0.249 e. The van der Waals surface area contributed by atoms with Gasteiger partial charge < -0.3 is 0 Å². The highest BCUT2D eigenvalue weighted by molar-refractivity contribution is 7.12. The Morgan fingerprint density at radius 1 is 1.42 bits per heavy atom. The fraction of sp³-hybridized carbons (Fsp3) is 0.417. The molecule has 3 heterocycles. The zero-order chi connectivity index (χ0) is 12.7. The van der Waals surface area contributed by atoms with Crippen LogP contribution in [0.4, 0.5) is 0 Å². The van der Waals surface area contributed by atoms with Crippen LogP contribution in [0.5, 0.6) is 0 Å². The van der Waals surface area contributed by atoms with E-state index in [-0.39, 0.29) is 0 Å². The molecule has 2 aliphatic rings. The summed E-state index contributed by atoms with van der Waals surface area (Å²) in [6, 6.07) is 4.51.